The van der Waals surface area contributed by atoms with Crippen LogP contribution < -0.4 is 4.74 Å². The second kappa shape index (κ2) is 9.77. The largest absolute Gasteiger partial charge is 0.497 e. The van der Waals surface area contributed by atoms with Gasteiger partial charge in [-0.3, -0.25) is 0 Å². The molecule has 0 radical (unpaired) electrons. The van der Waals surface area contributed by atoms with E-state index in [1.807, 2.05) is 0 Å². The van der Waals surface area contributed by atoms with Crippen molar-refractivity contribution in [3.05, 3.63) is 115 Å². The first-order valence-electron chi connectivity index (χ1n) is 10.4. The minimum absolute atomic E-state index is 0.372. The molecule has 0 bridgehead atoms. The number of alkyl halides is 3. The minimum atomic E-state index is -4.59. The summed E-state index contributed by atoms with van der Waals surface area (Å²) in [7, 11) is -5.85. The van der Waals surface area contributed by atoms with Gasteiger partial charge in [-0.15, -0.1) is 0 Å². The molecule has 182 valence electrons. The highest BCUT2D eigenvalue weighted by atomic mass is 32.3. The van der Waals surface area contributed by atoms with Crippen LogP contribution in [0.25, 0.3) is 0 Å². The maximum Gasteiger partial charge on any atom is 0.416 e. The van der Waals surface area contributed by atoms with Crippen LogP contribution in [-0.4, -0.2) is 15.5 Å². The molecule has 0 amide bonds. The van der Waals surface area contributed by atoms with Gasteiger partial charge < -0.3 is 4.74 Å². The Morgan fingerprint density at radius 1 is 0.600 bits per heavy atom. The molecular formula is C26H21F3O4S2. The van der Waals surface area contributed by atoms with E-state index in [1.165, 1.54) is 7.11 Å². The van der Waals surface area contributed by atoms with Gasteiger partial charge in [-0.1, -0.05) is 36.4 Å². The average Bonchev–Trinajstić information content (AvgIpc) is 2.88. The van der Waals surface area contributed by atoms with Crippen LogP contribution in [0.3, 0.4) is 0 Å². The highest BCUT2D eigenvalue weighted by Crippen LogP contribution is 2.70. The molecule has 0 aliphatic rings. The summed E-state index contributed by atoms with van der Waals surface area (Å²) >= 11 is 0. The highest BCUT2D eigenvalue weighted by Gasteiger charge is 2.38. The summed E-state index contributed by atoms with van der Waals surface area (Å²) in [5, 5.41) is 0. The normalized spacial score (nSPS) is 12.8. The first kappa shape index (κ1) is 24.8. The van der Waals surface area contributed by atoms with Crippen LogP contribution in [0.2, 0.25) is 0 Å². The SMILES string of the molecule is COc1ccc(S(OS(=O)(=O)c2ccc(C(F)(F)F)cc2)(c2ccccc2)c2ccccc2)cc1. The molecule has 9 heteroatoms. The molecule has 0 N–H and O–H groups in total. The fourth-order valence-corrected chi connectivity index (χ4v) is 8.72. The van der Waals surface area contributed by atoms with Crippen molar-refractivity contribution < 1.29 is 30.0 Å². The van der Waals surface area contributed by atoms with Crippen molar-refractivity contribution in [3.63, 3.8) is 0 Å². The van der Waals surface area contributed by atoms with Gasteiger partial charge in [0.1, 0.15) is 5.75 Å². The minimum Gasteiger partial charge on any atom is -0.497 e. The Labute approximate surface area is 203 Å². The molecule has 0 saturated carbocycles. The summed E-state index contributed by atoms with van der Waals surface area (Å²) in [4.78, 5) is 1.41. The lowest BCUT2D eigenvalue weighted by Crippen LogP contribution is -2.15. The van der Waals surface area contributed by atoms with Gasteiger partial charge in [0.15, 0.2) is 0 Å². The van der Waals surface area contributed by atoms with Crippen LogP contribution in [0, 0.1) is 0 Å². The molecule has 0 aromatic heterocycles. The van der Waals surface area contributed by atoms with Crippen molar-refractivity contribution in [2.24, 2.45) is 0 Å². The zero-order valence-corrected chi connectivity index (χ0v) is 20.1. The Bertz CT molecular complexity index is 1330. The smallest absolute Gasteiger partial charge is 0.416 e. The van der Waals surface area contributed by atoms with Gasteiger partial charge in [0.2, 0.25) is 0 Å². The third-order valence-corrected chi connectivity index (χ3v) is 10.4. The van der Waals surface area contributed by atoms with Gasteiger partial charge in [0.25, 0.3) is 0 Å². The van der Waals surface area contributed by atoms with Gasteiger partial charge in [0.05, 0.1) is 17.6 Å². The van der Waals surface area contributed by atoms with E-state index < -0.39 is 32.2 Å². The number of hydrogen-bond acceptors (Lipinski definition) is 4. The maximum atomic E-state index is 13.5. The highest BCUT2D eigenvalue weighted by molar-refractivity contribution is 8.33. The van der Waals surface area contributed by atoms with Crippen molar-refractivity contribution in [1.82, 2.24) is 0 Å². The molecule has 4 aromatic rings. The van der Waals surface area contributed by atoms with E-state index in [1.54, 1.807) is 84.9 Å². The summed E-state index contributed by atoms with van der Waals surface area (Å²) in [5.41, 5.74) is -0.948. The zero-order chi connectivity index (χ0) is 25.1. The van der Waals surface area contributed by atoms with Gasteiger partial charge in [0, 0.05) is 14.7 Å². The molecule has 0 saturated heterocycles. The van der Waals surface area contributed by atoms with E-state index in [0.29, 0.717) is 20.4 Å². The van der Waals surface area contributed by atoms with Crippen molar-refractivity contribution >= 4 is 20.4 Å². The van der Waals surface area contributed by atoms with Crippen molar-refractivity contribution in [3.8, 4) is 5.75 Å². The second-order valence-corrected chi connectivity index (χ2v) is 11.9. The molecule has 0 spiro atoms. The maximum absolute atomic E-state index is 13.5. The van der Waals surface area contributed by atoms with Gasteiger partial charge >= 0.3 is 16.3 Å². The number of methoxy groups -OCH3 is 1. The Morgan fingerprint density at radius 2 is 1.03 bits per heavy atom. The van der Waals surface area contributed by atoms with Gasteiger partial charge in [-0.05, 0) is 83.1 Å². The molecular weight excluding hydrogens is 497 g/mol. The number of benzene rings is 4. The molecule has 0 atom stereocenters. The van der Waals surface area contributed by atoms with E-state index in [4.69, 9.17) is 8.37 Å². The molecule has 0 unspecified atom stereocenters. The van der Waals surface area contributed by atoms with E-state index in [2.05, 4.69) is 0 Å². The second-order valence-electron chi connectivity index (χ2n) is 7.40. The molecule has 0 aliphatic heterocycles. The Balaban J connectivity index is 1.93. The monoisotopic (exact) mass is 518 g/mol. The third-order valence-electron chi connectivity index (χ3n) is 5.20. The van der Waals surface area contributed by atoms with Crippen molar-refractivity contribution in [2.45, 2.75) is 25.8 Å². The Kier molecular flexibility index (Phi) is 6.93. The summed E-state index contributed by atoms with van der Waals surface area (Å²) in [6, 6.07) is 27.9. The number of rotatable bonds is 7. The molecule has 0 aliphatic carbocycles. The van der Waals surface area contributed by atoms with Crippen LogP contribution in [0.4, 0.5) is 13.2 Å². The van der Waals surface area contributed by atoms with Crippen LogP contribution in [0.1, 0.15) is 5.56 Å². The lowest BCUT2D eigenvalue weighted by molar-refractivity contribution is -0.137. The first-order chi connectivity index (χ1) is 16.7. The standard InChI is InChI=1S/C26H21F3O4S2/c1-32-21-14-18-24(19-15-21)34(22-8-4-2-5-9-22,23-10-6-3-7-11-23)33-35(30,31)25-16-12-20(13-17-25)26(27,28)29/h2-19H,1H3. The molecule has 0 fully saturated rings. The van der Waals surface area contributed by atoms with Crippen LogP contribution in [0.5, 0.6) is 5.75 Å². The number of ether oxygens (including phenoxy) is 1. The van der Waals surface area contributed by atoms with E-state index in [9.17, 15) is 21.6 Å². The summed E-state index contributed by atoms with van der Waals surface area (Å²) < 4.78 is 77.5. The summed E-state index contributed by atoms with van der Waals surface area (Å²) in [5.74, 6) is 0.578. The summed E-state index contributed by atoms with van der Waals surface area (Å²) in [6.07, 6.45) is -4.59. The predicted octanol–water partition coefficient (Wildman–Crippen LogP) is 7.32. The van der Waals surface area contributed by atoms with Gasteiger partial charge in [-0.2, -0.15) is 21.6 Å². The van der Waals surface area contributed by atoms with Crippen molar-refractivity contribution in [2.75, 3.05) is 7.11 Å². The fourth-order valence-electron chi connectivity index (χ4n) is 3.50. The predicted molar refractivity (Wildman–Crippen MR) is 128 cm³/mol. The lowest BCUT2D eigenvalue weighted by atomic mass is 10.2. The Morgan fingerprint density at radius 3 is 1.46 bits per heavy atom. The van der Waals surface area contributed by atoms with Crippen LogP contribution >= 0.6 is 10.3 Å². The van der Waals surface area contributed by atoms with Crippen LogP contribution in [0.15, 0.2) is 129 Å². The van der Waals surface area contributed by atoms with Crippen LogP contribution in [-0.2, 0) is 19.9 Å². The topological polar surface area (TPSA) is 52.6 Å². The average molecular weight is 519 g/mol. The van der Waals surface area contributed by atoms with E-state index in [0.717, 1.165) is 24.3 Å². The first-order valence-corrected chi connectivity index (χ1v) is 13.3. The number of hydrogen-bond donors (Lipinski definition) is 0. The molecule has 4 aromatic carbocycles. The third kappa shape index (κ3) is 5.07. The zero-order valence-electron chi connectivity index (χ0n) is 18.5. The van der Waals surface area contributed by atoms with Crippen molar-refractivity contribution in [1.29, 1.82) is 0 Å². The fraction of sp³-hybridized carbons (Fsp3) is 0.0769. The molecule has 0 heterocycles. The lowest BCUT2D eigenvalue weighted by Gasteiger charge is -2.39. The Hall–Kier alpha value is -3.27. The van der Waals surface area contributed by atoms with E-state index in [-0.39, 0.29) is 4.90 Å². The molecule has 4 nitrogen and oxygen atoms in total. The molecule has 35 heavy (non-hydrogen) atoms. The number of halogens is 3. The van der Waals surface area contributed by atoms with Gasteiger partial charge in [-0.25, -0.2) is 3.63 Å². The summed E-state index contributed by atoms with van der Waals surface area (Å²) in [6.45, 7) is 0. The molecule has 4 rings (SSSR count). The van der Waals surface area contributed by atoms with E-state index >= 15 is 0 Å². The quantitative estimate of drug-likeness (QED) is 0.257.